The Balaban J connectivity index is 2.19. The summed E-state index contributed by atoms with van der Waals surface area (Å²) in [7, 11) is 2.47. The molecule has 2 rings (SSSR count). The van der Waals surface area contributed by atoms with E-state index in [9.17, 15) is 14.4 Å². The van der Waals surface area contributed by atoms with Crippen molar-refractivity contribution in [3.63, 3.8) is 0 Å². The molecule has 0 saturated heterocycles. The number of nitrogens with one attached hydrogen (secondary N) is 1. The maximum Gasteiger partial charge on any atom is 0.348 e. The van der Waals surface area contributed by atoms with Gasteiger partial charge in [-0.05, 0) is 19.4 Å². The van der Waals surface area contributed by atoms with Crippen LogP contribution in [0.5, 0.6) is 0 Å². The van der Waals surface area contributed by atoms with Gasteiger partial charge in [-0.15, -0.1) is 11.3 Å². The van der Waals surface area contributed by atoms with Crippen LogP contribution in [-0.4, -0.2) is 41.8 Å². The fraction of sp³-hybridized carbons (Fsp3) is 0.375. The van der Waals surface area contributed by atoms with Crippen LogP contribution in [0.15, 0.2) is 6.20 Å². The Hall–Kier alpha value is -2.39. The lowest BCUT2D eigenvalue weighted by atomic mass is 10.1. The van der Waals surface area contributed by atoms with Gasteiger partial charge in [0.15, 0.2) is 0 Å². The molecule has 0 fully saturated rings. The highest BCUT2D eigenvalue weighted by Crippen LogP contribution is 2.34. The van der Waals surface area contributed by atoms with E-state index in [2.05, 4.69) is 10.4 Å². The van der Waals surface area contributed by atoms with Crippen molar-refractivity contribution in [3.05, 3.63) is 32.9 Å². The quantitative estimate of drug-likeness (QED) is 0.750. The number of hydrogen-bond donors (Lipinski definition) is 1. The molecule has 0 spiro atoms. The predicted octanol–water partition coefficient (Wildman–Crippen LogP) is 2.82. The molecular formula is C16H18ClN3O5S. The molecule has 0 saturated carbocycles. The Bertz CT molecular complexity index is 858. The topological polar surface area (TPSA) is 99.5 Å². The molecule has 2 heterocycles. The lowest BCUT2D eigenvalue weighted by Gasteiger charge is -2.07. The van der Waals surface area contributed by atoms with E-state index in [-0.39, 0.29) is 27.8 Å². The van der Waals surface area contributed by atoms with Crippen LogP contribution in [0.2, 0.25) is 5.02 Å². The Morgan fingerprint density at radius 1 is 1.23 bits per heavy atom. The lowest BCUT2D eigenvalue weighted by Crippen LogP contribution is -2.17. The minimum Gasteiger partial charge on any atom is -0.465 e. The van der Waals surface area contributed by atoms with Gasteiger partial charge in [0.25, 0.3) is 0 Å². The van der Waals surface area contributed by atoms with E-state index in [1.54, 1.807) is 18.5 Å². The number of hydrogen-bond acceptors (Lipinski definition) is 7. The third-order valence-electron chi connectivity index (χ3n) is 3.75. The average molecular weight is 400 g/mol. The highest BCUT2D eigenvalue weighted by Gasteiger charge is 2.26. The van der Waals surface area contributed by atoms with E-state index < -0.39 is 11.9 Å². The standard InChI is InChI=1S/C16H18ClN3O5S/c1-8-12(15(22)24-3)14(26-13(8)16(23)25-4)19-11(21)5-6-20-9(2)10(17)7-18-20/h7H,5-6H2,1-4H3,(H,19,21). The summed E-state index contributed by atoms with van der Waals surface area (Å²) in [5.74, 6) is -1.56. The van der Waals surface area contributed by atoms with Crippen LogP contribution in [0.1, 0.15) is 37.7 Å². The van der Waals surface area contributed by atoms with Crippen LogP contribution in [0.25, 0.3) is 0 Å². The molecule has 0 bridgehead atoms. The van der Waals surface area contributed by atoms with Gasteiger partial charge in [-0.3, -0.25) is 9.48 Å². The minimum atomic E-state index is -0.640. The first-order chi connectivity index (χ1) is 12.3. The Morgan fingerprint density at radius 3 is 2.42 bits per heavy atom. The van der Waals surface area contributed by atoms with Gasteiger partial charge < -0.3 is 14.8 Å². The van der Waals surface area contributed by atoms with Crippen LogP contribution in [0, 0.1) is 13.8 Å². The Labute approximate surface area is 159 Å². The zero-order valence-corrected chi connectivity index (χ0v) is 16.3. The lowest BCUT2D eigenvalue weighted by molar-refractivity contribution is -0.116. The average Bonchev–Trinajstić information content (AvgIpc) is 3.11. The first-order valence-electron chi connectivity index (χ1n) is 7.57. The van der Waals surface area contributed by atoms with E-state index in [1.807, 2.05) is 0 Å². The largest absolute Gasteiger partial charge is 0.465 e. The third kappa shape index (κ3) is 4.05. The number of carbonyl (C=O) groups excluding carboxylic acids is 3. The van der Waals surface area contributed by atoms with Crippen molar-refractivity contribution in [1.29, 1.82) is 0 Å². The zero-order valence-electron chi connectivity index (χ0n) is 14.7. The molecule has 0 aromatic carbocycles. The second-order valence-corrected chi connectivity index (χ2v) is 6.77. The van der Waals surface area contributed by atoms with Crippen molar-refractivity contribution in [2.45, 2.75) is 26.8 Å². The normalized spacial score (nSPS) is 10.5. The number of anilines is 1. The number of esters is 2. The SMILES string of the molecule is COC(=O)c1sc(NC(=O)CCn2ncc(Cl)c2C)c(C(=O)OC)c1C. The molecule has 2 aromatic rings. The van der Waals surface area contributed by atoms with Crippen LogP contribution < -0.4 is 5.32 Å². The number of methoxy groups -OCH3 is 2. The number of rotatable bonds is 6. The number of nitrogens with zero attached hydrogens (tertiary/aromatic N) is 2. The molecule has 0 radical (unpaired) electrons. The van der Waals surface area contributed by atoms with Crippen molar-refractivity contribution in [2.75, 3.05) is 19.5 Å². The van der Waals surface area contributed by atoms with Crippen molar-refractivity contribution in [3.8, 4) is 0 Å². The van der Waals surface area contributed by atoms with Gasteiger partial charge >= 0.3 is 11.9 Å². The summed E-state index contributed by atoms with van der Waals surface area (Å²) in [4.78, 5) is 36.4. The van der Waals surface area contributed by atoms with Crippen LogP contribution in [0.4, 0.5) is 5.00 Å². The van der Waals surface area contributed by atoms with Crippen molar-refractivity contribution < 1.29 is 23.9 Å². The smallest absolute Gasteiger partial charge is 0.348 e. The predicted molar refractivity (Wildman–Crippen MR) is 97.0 cm³/mol. The summed E-state index contributed by atoms with van der Waals surface area (Å²) < 4.78 is 11.1. The fourth-order valence-corrected chi connectivity index (χ4v) is 3.55. The summed E-state index contributed by atoms with van der Waals surface area (Å²) in [5, 5.41) is 7.51. The summed E-state index contributed by atoms with van der Waals surface area (Å²) >= 11 is 6.90. The van der Waals surface area contributed by atoms with E-state index in [1.165, 1.54) is 20.4 Å². The fourth-order valence-electron chi connectivity index (χ4n) is 2.28. The zero-order chi connectivity index (χ0) is 19.4. The van der Waals surface area contributed by atoms with Crippen LogP contribution >= 0.6 is 22.9 Å². The van der Waals surface area contributed by atoms with Crippen LogP contribution in [-0.2, 0) is 20.8 Å². The summed E-state index contributed by atoms with van der Waals surface area (Å²) in [6, 6.07) is 0. The number of amides is 1. The van der Waals surface area contributed by atoms with E-state index in [0.29, 0.717) is 17.1 Å². The Morgan fingerprint density at radius 2 is 1.88 bits per heavy atom. The molecule has 0 unspecified atom stereocenters. The number of ether oxygens (including phenoxy) is 2. The highest BCUT2D eigenvalue weighted by molar-refractivity contribution is 7.18. The molecule has 0 aliphatic rings. The monoisotopic (exact) mass is 399 g/mol. The first-order valence-corrected chi connectivity index (χ1v) is 8.77. The van der Waals surface area contributed by atoms with E-state index >= 15 is 0 Å². The summed E-state index contributed by atoms with van der Waals surface area (Å²) in [5.41, 5.74) is 1.30. The molecule has 0 atom stereocenters. The molecule has 26 heavy (non-hydrogen) atoms. The minimum absolute atomic E-state index is 0.115. The van der Waals surface area contributed by atoms with Gasteiger partial charge in [-0.2, -0.15) is 5.10 Å². The van der Waals surface area contributed by atoms with Gasteiger partial charge in [0.05, 0.1) is 43.2 Å². The number of aromatic nitrogens is 2. The number of aryl methyl sites for hydroxylation is 1. The van der Waals surface area contributed by atoms with E-state index in [0.717, 1.165) is 17.0 Å². The maximum atomic E-state index is 12.3. The molecule has 1 amide bonds. The van der Waals surface area contributed by atoms with Crippen molar-refractivity contribution >= 4 is 45.8 Å². The molecule has 2 aromatic heterocycles. The second kappa shape index (κ2) is 8.33. The van der Waals surface area contributed by atoms with Crippen molar-refractivity contribution in [1.82, 2.24) is 9.78 Å². The molecule has 140 valence electrons. The van der Waals surface area contributed by atoms with Gasteiger partial charge in [-0.1, -0.05) is 11.6 Å². The van der Waals surface area contributed by atoms with Crippen molar-refractivity contribution in [2.24, 2.45) is 0 Å². The Kier molecular flexibility index (Phi) is 6.38. The summed E-state index contributed by atoms with van der Waals surface area (Å²) in [6.45, 7) is 3.72. The number of halogens is 1. The number of carbonyl (C=O) groups is 3. The second-order valence-electron chi connectivity index (χ2n) is 5.34. The molecule has 1 N–H and O–H groups in total. The van der Waals surface area contributed by atoms with Crippen LogP contribution in [0.3, 0.4) is 0 Å². The highest BCUT2D eigenvalue weighted by atomic mass is 35.5. The molecule has 8 nitrogen and oxygen atoms in total. The summed E-state index contributed by atoms with van der Waals surface area (Å²) in [6.07, 6.45) is 1.62. The van der Waals surface area contributed by atoms with Gasteiger partial charge in [0, 0.05) is 6.42 Å². The van der Waals surface area contributed by atoms with E-state index in [4.69, 9.17) is 21.1 Å². The van der Waals surface area contributed by atoms with Gasteiger partial charge in [-0.25, -0.2) is 9.59 Å². The third-order valence-corrected chi connectivity index (χ3v) is 5.31. The molecule has 0 aliphatic carbocycles. The molecule has 10 heteroatoms. The number of thiophene rings is 1. The molecular weight excluding hydrogens is 382 g/mol. The van der Waals surface area contributed by atoms with Gasteiger partial charge in [0.2, 0.25) is 5.91 Å². The van der Waals surface area contributed by atoms with Gasteiger partial charge in [0.1, 0.15) is 9.88 Å². The maximum absolute atomic E-state index is 12.3. The molecule has 0 aliphatic heterocycles. The first kappa shape index (κ1) is 19.9.